The van der Waals surface area contributed by atoms with Gasteiger partial charge in [0.1, 0.15) is 10.7 Å². The summed E-state index contributed by atoms with van der Waals surface area (Å²) in [5, 5.41) is 10.2. The van der Waals surface area contributed by atoms with E-state index in [1.54, 1.807) is 6.92 Å². The second-order valence-electron chi connectivity index (χ2n) is 3.28. The zero-order valence-electron chi connectivity index (χ0n) is 9.00. The van der Waals surface area contributed by atoms with Crippen molar-refractivity contribution in [3.8, 4) is 0 Å². The first-order chi connectivity index (χ1) is 8.13. The molecule has 0 aliphatic carbocycles. The number of aliphatic hydroxyl groups excluding tert-OH is 1. The Kier molecular flexibility index (Phi) is 3.26. The summed E-state index contributed by atoms with van der Waals surface area (Å²) in [5.74, 6) is -0.190. The van der Waals surface area contributed by atoms with Gasteiger partial charge in [-0.1, -0.05) is 11.6 Å². The minimum atomic E-state index is -1.16. The number of hydrogen-bond donors (Lipinski definition) is 1. The van der Waals surface area contributed by atoms with Crippen LogP contribution in [0, 0.1) is 0 Å². The van der Waals surface area contributed by atoms with Gasteiger partial charge in [0.05, 0.1) is 12.8 Å². The summed E-state index contributed by atoms with van der Waals surface area (Å²) < 4.78 is 4.81. The molecule has 0 saturated carbocycles. The van der Waals surface area contributed by atoms with Crippen LogP contribution in [-0.4, -0.2) is 40.9 Å². The van der Waals surface area contributed by atoms with Crippen LogP contribution in [0.4, 0.5) is 0 Å². The fourth-order valence-electron chi connectivity index (χ4n) is 1.42. The maximum absolute atomic E-state index is 11.5. The van der Waals surface area contributed by atoms with Crippen LogP contribution < -0.4 is 0 Å². The summed E-state index contributed by atoms with van der Waals surface area (Å²) in [4.78, 5) is 20.7. The van der Waals surface area contributed by atoms with Crippen molar-refractivity contribution in [1.82, 2.24) is 4.90 Å². The molecule has 1 atom stereocenters. The van der Waals surface area contributed by atoms with Gasteiger partial charge < -0.3 is 9.84 Å². The fraction of sp³-hybridized carbons (Fsp3) is 0.300. The van der Waals surface area contributed by atoms with Gasteiger partial charge in [0.2, 0.25) is 0 Å². The minimum absolute atomic E-state index is 0.0617. The number of hydrogen-bond acceptors (Lipinski definition) is 6. The third-order valence-electron chi connectivity index (χ3n) is 2.20. The Morgan fingerprint density at radius 2 is 2.47 bits per heavy atom. The van der Waals surface area contributed by atoms with Gasteiger partial charge in [0.25, 0.3) is 0 Å². The standard InChI is InChI=1S/C10H10ClN3O3/c1-2-17-10(16)6-3-13-8-4-12-7(11)5-14(8)9(6)15/h3-5,9,15H,2H2,1H3/t9-/m0/s1. The molecule has 0 unspecified atom stereocenters. The van der Waals surface area contributed by atoms with Gasteiger partial charge in [-0.25, -0.2) is 14.8 Å². The topological polar surface area (TPSA) is 74.5 Å². The lowest BCUT2D eigenvalue weighted by Crippen LogP contribution is -2.43. The SMILES string of the molecule is CCOC(=O)C1=CN=C2C=NC(Cl)=CN2[C@H]1O. The molecule has 0 radical (unpaired) electrons. The number of esters is 1. The number of amidine groups is 1. The maximum atomic E-state index is 11.5. The molecule has 0 spiro atoms. The smallest absolute Gasteiger partial charge is 0.340 e. The second-order valence-corrected chi connectivity index (χ2v) is 3.67. The molecular weight excluding hydrogens is 246 g/mol. The Morgan fingerprint density at radius 1 is 1.71 bits per heavy atom. The zero-order chi connectivity index (χ0) is 12.4. The largest absolute Gasteiger partial charge is 0.462 e. The number of aliphatic imine (C=N–C) groups is 2. The van der Waals surface area contributed by atoms with E-state index < -0.39 is 12.2 Å². The molecule has 0 saturated heterocycles. The molecule has 90 valence electrons. The van der Waals surface area contributed by atoms with Crippen LogP contribution in [0.3, 0.4) is 0 Å². The Morgan fingerprint density at radius 3 is 3.18 bits per heavy atom. The zero-order valence-corrected chi connectivity index (χ0v) is 9.76. The number of rotatable bonds is 2. The van der Waals surface area contributed by atoms with Crippen LogP contribution in [-0.2, 0) is 9.53 Å². The number of carbonyl (C=O) groups is 1. The lowest BCUT2D eigenvalue weighted by molar-refractivity contribution is -0.140. The highest BCUT2D eigenvalue weighted by molar-refractivity contribution is 6.36. The van der Waals surface area contributed by atoms with Gasteiger partial charge in [-0.3, -0.25) is 4.90 Å². The van der Waals surface area contributed by atoms with Crippen LogP contribution >= 0.6 is 11.6 Å². The Bertz CT molecular complexity index is 467. The quantitative estimate of drug-likeness (QED) is 0.579. The van der Waals surface area contributed by atoms with E-state index in [-0.39, 0.29) is 17.3 Å². The Labute approximate surface area is 103 Å². The highest BCUT2D eigenvalue weighted by Crippen LogP contribution is 2.21. The summed E-state index contributed by atoms with van der Waals surface area (Å²) in [5.41, 5.74) is 0.0617. The van der Waals surface area contributed by atoms with E-state index in [0.29, 0.717) is 5.84 Å². The molecule has 6 nitrogen and oxygen atoms in total. The lowest BCUT2D eigenvalue weighted by Gasteiger charge is -2.30. The number of carbonyl (C=O) groups excluding carboxylic acids is 1. The van der Waals surface area contributed by atoms with Gasteiger partial charge in [0.15, 0.2) is 12.1 Å². The van der Waals surface area contributed by atoms with Gasteiger partial charge in [-0.2, -0.15) is 0 Å². The average Bonchev–Trinajstić information content (AvgIpc) is 2.30. The average molecular weight is 256 g/mol. The summed E-state index contributed by atoms with van der Waals surface area (Å²) >= 11 is 5.71. The predicted molar refractivity (Wildman–Crippen MR) is 62.4 cm³/mol. The van der Waals surface area contributed by atoms with Crippen molar-refractivity contribution in [1.29, 1.82) is 0 Å². The van der Waals surface area contributed by atoms with E-state index in [9.17, 15) is 9.90 Å². The van der Waals surface area contributed by atoms with E-state index in [1.165, 1.54) is 23.5 Å². The number of ether oxygens (including phenoxy) is 1. The van der Waals surface area contributed by atoms with E-state index in [0.717, 1.165) is 0 Å². The minimum Gasteiger partial charge on any atom is -0.462 e. The monoisotopic (exact) mass is 255 g/mol. The first-order valence-corrected chi connectivity index (χ1v) is 5.34. The molecule has 2 aliphatic rings. The van der Waals surface area contributed by atoms with Gasteiger partial charge in [-0.05, 0) is 6.92 Å². The van der Waals surface area contributed by atoms with Crippen LogP contribution in [0.1, 0.15) is 6.92 Å². The molecule has 0 amide bonds. The highest BCUT2D eigenvalue weighted by atomic mass is 35.5. The molecule has 17 heavy (non-hydrogen) atoms. The molecule has 2 aliphatic heterocycles. The van der Waals surface area contributed by atoms with Crippen LogP contribution in [0.2, 0.25) is 0 Å². The second kappa shape index (κ2) is 4.68. The van der Waals surface area contributed by atoms with Crippen molar-refractivity contribution in [2.45, 2.75) is 13.2 Å². The molecule has 0 bridgehead atoms. The van der Waals surface area contributed by atoms with Crippen molar-refractivity contribution in [3.05, 3.63) is 23.1 Å². The van der Waals surface area contributed by atoms with Crippen molar-refractivity contribution < 1.29 is 14.6 Å². The third-order valence-corrected chi connectivity index (χ3v) is 2.40. The van der Waals surface area contributed by atoms with E-state index in [2.05, 4.69) is 9.98 Å². The maximum Gasteiger partial charge on any atom is 0.340 e. The van der Waals surface area contributed by atoms with Crippen molar-refractivity contribution in [2.24, 2.45) is 9.98 Å². The third kappa shape index (κ3) is 2.22. The predicted octanol–water partition coefficient (Wildman–Crippen LogP) is 0.588. The molecule has 7 heteroatoms. The van der Waals surface area contributed by atoms with E-state index in [4.69, 9.17) is 16.3 Å². The normalized spacial score (nSPS) is 22.4. The Hall–Kier alpha value is -1.66. The van der Waals surface area contributed by atoms with Gasteiger partial charge in [-0.15, -0.1) is 0 Å². The molecular formula is C10H10ClN3O3. The summed E-state index contributed by atoms with van der Waals surface area (Å²) in [6.07, 6.45) is 2.91. The van der Waals surface area contributed by atoms with E-state index >= 15 is 0 Å². The van der Waals surface area contributed by atoms with Crippen molar-refractivity contribution in [3.63, 3.8) is 0 Å². The van der Waals surface area contributed by atoms with Crippen molar-refractivity contribution in [2.75, 3.05) is 6.61 Å². The van der Waals surface area contributed by atoms with Crippen LogP contribution in [0.25, 0.3) is 0 Å². The lowest BCUT2D eigenvalue weighted by atomic mass is 10.2. The Balaban J connectivity index is 2.28. The van der Waals surface area contributed by atoms with Crippen LogP contribution in [0.5, 0.6) is 0 Å². The number of aliphatic hydroxyl groups is 1. The number of halogens is 1. The molecule has 2 heterocycles. The molecule has 0 aromatic carbocycles. The molecule has 2 rings (SSSR count). The van der Waals surface area contributed by atoms with Crippen molar-refractivity contribution >= 4 is 29.6 Å². The first kappa shape index (κ1) is 11.8. The summed E-state index contributed by atoms with van der Waals surface area (Å²) in [6, 6.07) is 0. The molecule has 0 fully saturated rings. The number of fused-ring (bicyclic) bond motifs is 1. The van der Waals surface area contributed by atoms with Gasteiger partial charge in [0, 0.05) is 12.4 Å². The molecule has 1 N–H and O–H groups in total. The first-order valence-electron chi connectivity index (χ1n) is 4.96. The molecule has 0 aromatic heterocycles. The molecule has 0 aromatic rings. The van der Waals surface area contributed by atoms with Crippen LogP contribution in [0.15, 0.2) is 33.1 Å². The highest BCUT2D eigenvalue weighted by Gasteiger charge is 2.31. The van der Waals surface area contributed by atoms with Gasteiger partial charge >= 0.3 is 5.97 Å². The summed E-state index contributed by atoms with van der Waals surface area (Å²) in [7, 11) is 0. The summed E-state index contributed by atoms with van der Waals surface area (Å²) in [6.45, 7) is 1.92. The van der Waals surface area contributed by atoms with E-state index in [1.807, 2.05) is 0 Å². The number of nitrogens with zero attached hydrogens (tertiary/aromatic N) is 3. The fourth-order valence-corrected chi connectivity index (χ4v) is 1.57.